The molecule has 0 heterocycles. The number of carbonyl (C=O) groups excluding carboxylic acids is 1. The highest BCUT2D eigenvalue weighted by atomic mass is 35.5. The van der Waals surface area contributed by atoms with Crippen LogP contribution in [-0.4, -0.2) is 51.3 Å². The molecule has 0 aliphatic rings. The number of carbonyl (C=O) groups is 1. The highest BCUT2D eigenvalue weighted by Gasteiger charge is 2.13. The minimum atomic E-state index is -0.552. The Morgan fingerprint density at radius 3 is 2.50 bits per heavy atom. The number of nitrogens with two attached hydrogens (primary N) is 1. The maximum atomic E-state index is 12.3. The van der Waals surface area contributed by atoms with E-state index in [0.717, 1.165) is 0 Å². The summed E-state index contributed by atoms with van der Waals surface area (Å²) in [7, 11) is 3.17. The molecule has 3 N–H and O–H groups in total. The van der Waals surface area contributed by atoms with E-state index in [-0.39, 0.29) is 5.57 Å². The Bertz CT molecular complexity index is 620. The molecule has 1 rings (SSSR count). The largest absolute Gasteiger partial charge is 0.399 e. The first-order valence-corrected chi connectivity index (χ1v) is 7.59. The van der Waals surface area contributed by atoms with Gasteiger partial charge in [0.25, 0.3) is 5.91 Å². The Hall–Kier alpha value is -2.27. The molecule has 24 heavy (non-hydrogen) atoms. The number of nitrogens with zero attached hydrogens (tertiary/aromatic N) is 2. The molecule has 0 saturated heterocycles. The molecule has 0 radical (unpaired) electrons. The molecule has 0 aliphatic carbocycles. The number of ether oxygens (including phenoxy) is 2. The normalized spacial score (nSPS) is 11.0. The van der Waals surface area contributed by atoms with E-state index in [9.17, 15) is 10.1 Å². The number of nitriles is 1. The van der Waals surface area contributed by atoms with Gasteiger partial charge in [-0.05, 0) is 18.2 Å². The fourth-order valence-corrected chi connectivity index (χ4v) is 2.04. The van der Waals surface area contributed by atoms with Gasteiger partial charge in [-0.2, -0.15) is 5.26 Å². The molecule has 0 atom stereocenters. The fourth-order valence-electron chi connectivity index (χ4n) is 1.80. The number of amides is 1. The molecule has 0 unspecified atom stereocenters. The summed E-state index contributed by atoms with van der Waals surface area (Å²) in [6.07, 6.45) is 1.48. The monoisotopic (exact) mass is 352 g/mol. The lowest BCUT2D eigenvalue weighted by Crippen LogP contribution is -2.27. The third-order valence-electron chi connectivity index (χ3n) is 3.08. The summed E-state index contributed by atoms with van der Waals surface area (Å²) in [5.41, 5.74) is 6.44. The Balaban J connectivity index is 2.87. The number of methoxy groups -OCH3 is 2. The topological polar surface area (TPSA) is 101 Å². The van der Waals surface area contributed by atoms with Crippen LogP contribution in [0.3, 0.4) is 0 Å². The van der Waals surface area contributed by atoms with Crippen LogP contribution in [0.5, 0.6) is 0 Å². The van der Waals surface area contributed by atoms with Crippen molar-refractivity contribution < 1.29 is 14.3 Å². The SMILES string of the molecule is COCCN(/C=C(/C#N)C(=O)Nc1ccc(N)cc1Cl)CCOC. The summed E-state index contributed by atoms with van der Waals surface area (Å²) in [6, 6.07) is 6.61. The highest BCUT2D eigenvalue weighted by molar-refractivity contribution is 6.34. The van der Waals surface area contributed by atoms with Crippen LogP contribution in [0.15, 0.2) is 30.0 Å². The summed E-state index contributed by atoms with van der Waals surface area (Å²) < 4.78 is 10.1. The van der Waals surface area contributed by atoms with E-state index in [0.29, 0.717) is 42.7 Å². The van der Waals surface area contributed by atoms with Gasteiger partial charge in [0.2, 0.25) is 0 Å². The summed E-state index contributed by atoms with van der Waals surface area (Å²) in [4.78, 5) is 14.1. The van der Waals surface area contributed by atoms with E-state index in [1.807, 2.05) is 6.07 Å². The second-order valence-electron chi connectivity index (χ2n) is 4.87. The van der Waals surface area contributed by atoms with Crippen molar-refractivity contribution in [3.8, 4) is 6.07 Å². The summed E-state index contributed by atoms with van der Waals surface area (Å²) >= 11 is 6.02. The zero-order valence-corrected chi connectivity index (χ0v) is 14.5. The minimum Gasteiger partial charge on any atom is -0.399 e. The Kier molecular flexibility index (Phi) is 8.65. The van der Waals surface area contributed by atoms with Crippen LogP contribution in [0.25, 0.3) is 0 Å². The van der Waals surface area contributed by atoms with Gasteiger partial charge >= 0.3 is 0 Å². The quantitative estimate of drug-likeness (QED) is 0.399. The number of nitrogen functional groups attached to an aromatic ring is 1. The van der Waals surface area contributed by atoms with Crippen LogP contribution in [0.4, 0.5) is 11.4 Å². The van der Waals surface area contributed by atoms with Crippen molar-refractivity contribution >= 4 is 28.9 Å². The first-order valence-electron chi connectivity index (χ1n) is 7.22. The molecule has 1 aromatic carbocycles. The Morgan fingerprint density at radius 2 is 2.00 bits per heavy atom. The number of anilines is 2. The van der Waals surface area contributed by atoms with Gasteiger partial charge in [0.05, 0.1) is 23.9 Å². The molecule has 0 bridgehead atoms. The zero-order chi connectivity index (χ0) is 17.9. The molecular weight excluding hydrogens is 332 g/mol. The second kappa shape index (κ2) is 10.5. The summed E-state index contributed by atoms with van der Waals surface area (Å²) in [5, 5.41) is 12.2. The second-order valence-corrected chi connectivity index (χ2v) is 5.28. The minimum absolute atomic E-state index is 0.0462. The number of nitrogens with one attached hydrogen (secondary N) is 1. The van der Waals surface area contributed by atoms with Crippen LogP contribution >= 0.6 is 11.6 Å². The molecule has 1 aromatic rings. The maximum Gasteiger partial charge on any atom is 0.267 e. The van der Waals surface area contributed by atoms with Gasteiger partial charge in [-0.25, -0.2) is 0 Å². The van der Waals surface area contributed by atoms with E-state index in [1.54, 1.807) is 31.3 Å². The van der Waals surface area contributed by atoms with Crippen molar-refractivity contribution in [1.29, 1.82) is 5.26 Å². The predicted molar refractivity (Wildman–Crippen MR) is 93.5 cm³/mol. The molecule has 0 aromatic heterocycles. The molecule has 0 fully saturated rings. The van der Waals surface area contributed by atoms with E-state index in [1.165, 1.54) is 12.3 Å². The van der Waals surface area contributed by atoms with Crippen LogP contribution in [0.2, 0.25) is 5.02 Å². The van der Waals surface area contributed by atoms with Gasteiger partial charge < -0.3 is 25.4 Å². The van der Waals surface area contributed by atoms with Gasteiger partial charge in [0.1, 0.15) is 11.6 Å². The lowest BCUT2D eigenvalue weighted by molar-refractivity contribution is -0.112. The van der Waals surface area contributed by atoms with Gasteiger partial charge in [-0.1, -0.05) is 11.6 Å². The summed E-state index contributed by atoms with van der Waals surface area (Å²) in [5.74, 6) is -0.552. The third kappa shape index (κ3) is 6.46. The smallest absolute Gasteiger partial charge is 0.267 e. The van der Waals surface area contributed by atoms with E-state index >= 15 is 0 Å². The average Bonchev–Trinajstić information content (AvgIpc) is 2.56. The Labute approximate surface area is 146 Å². The van der Waals surface area contributed by atoms with E-state index in [2.05, 4.69) is 5.32 Å². The van der Waals surface area contributed by atoms with Gasteiger partial charge in [-0.15, -0.1) is 0 Å². The number of halogens is 1. The zero-order valence-electron chi connectivity index (χ0n) is 13.7. The average molecular weight is 353 g/mol. The van der Waals surface area contributed by atoms with E-state index in [4.69, 9.17) is 26.8 Å². The van der Waals surface area contributed by atoms with Crippen LogP contribution in [0.1, 0.15) is 0 Å². The lowest BCUT2D eigenvalue weighted by atomic mass is 10.2. The van der Waals surface area contributed by atoms with Crippen molar-refractivity contribution in [2.75, 3.05) is 51.6 Å². The highest BCUT2D eigenvalue weighted by Crippen LogP contribution is 2.24. The number of rotatable bonds is 9. The van der Waals surface area contributed by atoms with Crippen LogP contribution in [0, 0.1) is 11.3 Å². The van der Waals surface area contributed by atoms with Crippen molar-refractivity contribution in [2.24, 2.45) is 0 Å². The van der Waals surface area contributed by atoms with Crippen molar-refractivity contribution in [3.63, 3.8) is 0 Å². The summed E-state index contributed by atoms with van der Waals surface area (Å²) in [6.45, 7) is 1.98. The maximum absolute atomic E-state index is 12.3. The fraction of sp³-hybridized carbons (Fsp3) is 0.375. The number of benzene rings is 1. The van der Waals surface area contributed by atoms with Gasteiger partial charge in [-0.3, -0.25) is 4.79 Å². The number of hydrogen-bond donors (Lipinski definition) is 2. The van der Waals surface area contributed by atoms with Crippen molar-refractivity contribution in [1.82, 2.24) is 4.90 Å². The predicted octanol–water partition coefficient (Wildman–Crippen LogP) is 1.86. The number of hydrogen-bond acceptors (Lipinski definition) is 6. The molecule has 1 amide bonds. The molecule has 8 heteroatoms. The molecule has 0 saturated carbocycles. The standard InChI is InChI=1S/C16H21ClN4O3/c1-23-7-5-21(6-8-24-2)11-12(10-18)16(22)20-15-4-3-13(19)9-14(15)17/h3-4,9,11H,5-8,19H2,1-2H3,(H,20,22)/b12-11-. The van der Waals surface area contributed by atoms with Crippen molar-refractivity contribution in [3.05, 3.63) is 35.0 Å². The first kappa shape index (κ1) is 19.8. The molecule has 0 aliphatic heterocycles. The van der Waals surface area contributed by atoms with E-state index < -0.39 is 5.91 Å². The molecule has 7 nitrogen and oxygen atoms in total. The van der Waals surface area contributed by atoms with Gasteiger partial charge in [0, 0.05) is 39.2 Å². The molecule has 130 valence electrons. The van der Waals surface area contributed by atoms with Crippen LogP contribution in [-0.2, 0) is 14.3 Å². The van der Waals surface area contributed by atoms with Crippen LogP contribution < -0.4 is 11.1 Å². The lowest BCUT2D eigenvalue weighted by Gasteiger charge is -2.20. The first-order chi connectivity index (χ1) is 11.5. The third-order valence-corrected chi connectivity index (χ3v) is 3.40. The van der Waals surface area contributed by atoms with Gasteiger partial charge in [0.15, 0.2) is 0 Å². The molecular formula is C16H21ClN4O3. The molecule has 0 spiro atoms. The van der Waals surface area contributed by atoms with Crippen molar-refractivity contribution in [2.45, 2.75) is 0 Å². The Morgan fingerprint density at radius 1 is 1.38 bits per heavy atom.